The fourth-order valence-electron chi connectivity index (χ4n) is 1.80. The number of unbranched alkanes of at least 4 members (excludes halogenated alkanes) is 1. The summed E-state index contributed by atoms with van der Waals surface area (Å²) in [5, 5.41) is 1.28. The zero-order chi connectivity index (χ0) is 12.0. The van der Waals surface area contributed by atoms with E-state index in [0.29, 0.717) is 0 Å². The van der Waals surface area contributed by atoms with Gasteiger partial charge in [-0.2, -0.15) is 0 Å². The molecule has 0 aliphatic rings. The lowest BCUT2D eigenvalue weighted by atomic mass is 10.2. The molecule has 0 saturated heterocycles. The largest absolute Gasteiger partial charge is 0.332 e. The van der Waals surface area contributed by atoms with Crippen molar-refractivity contribution < 1.29 is 0 Å². The molecule has 0 saturated carbocycles. The summed E-state index contributed by atoms with van der Waals surface area (Å²) < 4.78 is 2.26. The second-order valence-corrected chi connectivity index (χ2v) is 3.73. The maximum Gasteiger partial charge on any atom is 0.140 e. The second kappa shape index (κ2) is 6.31. The lowest BCUT2D eigenvalue weighted by Crippen LogP contribution is -1.96. The Hall–Kier alpha value is -1.31. The Kier molecular flexibility index (Phi) is 5.03. The molecule has 0 aromatic carbocycles. The molecule has 0 fully saturated rings. The molecule has 0 aliphatic carbocycles. The van der Waals surface area contributed by atoms with Crippen LogP contribution in [-0.4, -0.2) is 9.55 Å². The molecule has 2 rings (SSSR count). The minimum Gasteiger partial charge on any atom is -0.332 e. The third-order valence-electron chi connectivity index (χ3n) is 2.59. The summed E-state index contributed by atoms with van der Waals surface area (Å²) in [6.45, 7) is 9.44. The molecule has 2 nitrogen and oxygen atoms in total. The third-order valence-corrected chi connectivity index (χ3v) is 2.59. The average Bonchev–Trinajstić information content (AvgIpc) is 2.67. The fraction of sp³-hybridized carbons (Fsp3) is 0.500. The Balaban J connectivity index is 0.000000606. The first-order chi connectivity index (χ1) is 7.83. The van der Waals surface area contributed by atoms with Crippen LogP contribution in [0, 0.1) is 6.92 Å². The van der Waals surface area contributed by atoms with E-state index in [0.717, 1.165) is 12.2 Å². The van der Waals surface area contributed by atoms with Crippen molar-refractivity contribution in [3.05, 3.63) is 30.1 Å². The molecule has 0 atom stereocenters. The maximum atomic E-state index is 4.42. The van der Waals surface area contributed by atoms with Crippen LogP contribution in [0.3, 0.4) is 0 Å². The summed E-state index contributed by atoms with van der Waals surface area (Å²) in [5.74, 6) is 0. The monoisotopic (exact) mass is 218 g/mol. The molecule has 0 N–H and O–H groups in total. The summed E-state index contributed by atoms with van der Waals surface area (Å²) in [4.78, 5) is 4.42. The van der Waals surface area contributed by atoms with Crippen LogP contribution >= 0.6 is 0 Å². The molecule has 0 aliphatic heterocycles. The number of pyridine rings is 1. The lowest BCUT2D eigenvalue weighted by Gasteiger charge is -2.01. The van der Waals surface area contributed by atoms with E-state index >= 15 is 0 Å². The third kappa shape index (κ3) is 2.63. The minimum atomic E-state index is 1.08. The lowest BCUT2D eigenvalue weighted by molar-refractivity contribution is 0.645. The molecule has 0 amide bonds. The van der Waals surface area contributed by atoms with Gasteiger partial charge in [-0.05, 0) is 31.0 Å². The first-order valence-electron chi connectivity index (χ1n) is 6.23. The van der Waals surface area contributed by atoms with E-state index in [1.807, 2.05) is 26.1 Å². The molecule has 0 unspecified atom stereocenters. The van der Waals surface area contributed by atoms with E-state index in [2.05, 4.69) is 35.7 Å². The average molecular weight is 218 g/mol. The number of rotatable bonds is 3. The Morgan fingerprint density at radius 3 is 2.75 bits per heavy atom. The smallest absolute Gasteiger partial charge is 0.140 e. The van der Waals surface area contributed by atoms with Crippen molar-refractivity contribution in [1.82, 2.24) is 9.55 Å². The number of nitrogens with zero attached hydrogens (tertiary/aromatic N) is 2. The number of aromatic nitrogens is 2. The van der Waals surface area contributed by atoms with Crippen LogP contribution in [0.4, 0.5) is 0 Å². The van der Waals surface area contributed by atoms with Crippen molar-refractivity contribution in [2.24, 2.45) is 0 Å². The molecular formula is C14H22N2. The van der Waals surface area contributed by atoms with E-state index in [1.165, 1.54) is 23.8 Å². The van der Waals surface area contributed by atoms with Gasteiger partial charge in [0.25, 0.3) is 0 Å². The van der Waals surface area contributed by atoms with Crippen LogP contribution in [0.1, 0.15) is 39.2 Å². The van der Waals surface area contributed by atoms with E-state index in [4.69, 9.17) is 0 Å². The predicted molar refractivity (Wildman–Crippen MR) is 70.7 cm³/mol. The van der Waals surface area contributed by atoms with E-state index in [-0.39, 0.29) is 0 Å². The molecule has 2 heterocycles. The zero-order valence-corrected chi connectivity index (χ0v) is 10.8. The van der Waals surface area contributed by atoms with Gasteiger partial charge in [0, 0.05) is 24.3 Å². The standard InChI is InChI=1S/C12H16N2.C2H6/c1-3-4-8-14-9-10(2)11-6-5-7-13-12(11)14;1-2/h5-7,9H,3-4,8H2,1-2H3;1-2H3. The van der Waals surface area contributed by atoms with Crippen LogP contribution in [0.25, 0.3) is 11.0 Å². The molecule has 0 bridgehead atoms. The van der Waals surface area contributed by atoms with Gasteiger partial charge in [-0.25, -0.2) is 4.98 Å². The Morgan fingerprint density at radius 1 is 1.31 bits per heavy atom. The second-order valence-electron chi connectivity index (χ2n) is 3.73. The first-order valence-corrected chi connectivity index (χ1v) is 6.23. The maximum absolute atomic E-state index is 4.42. The van der Waals surface area contributed by atoms with Gasteiger partial charge in [-0.15, -0.1) is 0 Å². The highest BCUT2D eigenvalue weighted by Crippen LogP contribution is 2.18. The van der Waals surface area contributed by atoms with Crippen molar-refractivity contribution in [3.8, 4) is 0 Å². The summed E-state index contributed by atoms with van der Waals surface area (Å²) in [6, 6.07) is 4.14. The van der Waals surface area contributed by atoms with Crippen molar-refractivity contribution in [1.29, 1.82) is 0 Å². The molecule has 0 spiro atoms. The van der Waals surface area contributed by atoms with Crippen LogP contribution in [0.15, 0.2) is 24.5 Å². The molecule has 2 heteroatoms. The summed E-state index contributed by atoms with van der Waals surface area (Å²) in [7, 11) is 0. The highest BCUT2D eigenvalue weighted by molar-refractivity contribution is 5.79. The van der Waals surface area contributed by atoms with Crippen molar-refractivity contribution >= 4 is 11.0 Å². The number of hydrogen-bond donors (Lipinski definition) is 0. The molecule has 2 aromatic rings. The van der Waals surface area contributed by atoms with Gasteiger partial charge < -0.3 is 4.57 Å². The van der Waals surface area contributed by atoms with Gasteiger partial charge in [0.1, 0.15) is 5.65 Å². The van der Waals surface area contributed by atoms with E-state index < -0.39 is 0 Å². The number of fused-ring (bicyclic) bond motifs is 1. The van der Waals surface area contributed by atoms with Gasteiger partial charge >= 0.3 is 0 Å². The normalized spacial score (nSPS) is 10.0. The topological polar surface area (TPSA) is 17.8 Å². The minimum absolute atomic E-state index is 1.08. The Labute approximate surface area is 98.3 Å². The van der Waals surface area contributed by atoms with Crippen LogP contribution in [0.5, 0.6) is 0 Å². The highest BCUT2D eigenvalue weighted by Gasteiger charge is 2.04. The SMILES string of the molecule is CC.CCCCn1cc(C)c2cccnc21. The van der Waals surface area contributed by atoms with Crippen LogP contribution in [-0.2, 0) is 6.54 Å². The van der Waals surface area contributed by atoms with E-state index in [1.54, 1.807) is 0 Å². The first kappa shape index (κ1) is 12.8. The highest BCUT2D eigenvalue weighted by atomic mass is 15.0. The Bertz CT molecular complexity index is 429. The van der Waals surface area contributed by atoms with Crippen molar-refractivity contribution in [2.45, 2.75) is 47.1 Å². The van der Waals surface area contributed by atoms with Gasteiger partial charge in [0.15, 0.2) is 0 Å². The quantitative estimate of drug-likeness (QED) is 0.756. The molecule has 0 radical (unpaired) electrons. The van der Waals surface area contributed by atoms with Gasteiger partial charge in [-0.1, -0.05) is 27.2 Å². The molecule has 16 heavy (non-hydrogen) atoms. The molecule has 88 valence electrons. The van der Waals surface area contributed by atoms with Gasteiger partial charge in [0.05, 0.1) is 0 Å². The number of aryl methyl sites for hydroxylation is 2. The molecular weight excluding hydrogens is 196 g/mol. The zero-order valence-electron chi connectivity index (χ0n) is 10.8. The fourth-order valence-corrected chi connectivity index (χ4v) is 1.80. The predicted octanol–water partition coefficient (Wildman–Crippen LogP) is 4.17. The Morgan fingerprint density at radius 2 is 2.06 bits per heavy atom. The van der Waals surface area contributed by atoms with Crippen LogP contribution in [0.2, 0.25) is 0 Å². The van der Waals surface area contributed by atoms with Crippen LogP contribution < -0.4 is 0 Å². The number of hydrogen-bond acceptors (Lipinski definition) is 1. The summed E-state index contributed by atoms with van der Waals surface area (Å²) >= 11 is 0. The van der Waals surface area contributed by atoms with Gasteiger partial charge in [0.2, 0.25) is 0 Å². The summed E-state index contributed by atoms with van der Waals surface area (Å²) in [5.41, 5.74) is 2.45. The van der Waals surface area contributed by atoms with Gasteiger partial charge in [-0.3, -0.25) is 0 Å². The van der Waals surface area contributed by atoms with Crippen molar-refractivity contribution in [3.63, 3.8) is 0 Å². The summed E-state index contributed by atoms with van der Waals surface area (Å²) in [6.07, 6.45) is 6.52. The van der Waals surface area contributed by atoms with Crippen molar-refractivity contribution in [2.75, 3.05) is 0 Å². The molecule has 2 aromatic heterocycles. The van der Waals surface area contributed by atoms with E-state index in [9.17, 15) is 0 Å².